The SMILES string of the molecule is Cc1cccc(CC(=O)N2CCCCC2C2NNCC2c2ccncc2C)c1. The summed E-state index contributed by atoms with van der Waals surface area (Å²) in [5, 5.41) is 0. The molecule has 2 aliphatic rings. The highest BCUT2D eigenvalue weighted by atomic mass is 16.2. The van der Waals surface area contributed by atoms with Gasteiger partial charge in [0.2, 0.25) is 5.91 Å². The maximum Gasteiger partial charge on any atom is 0.227 e. The Hall–Kier alpha value is -2.24. The average Bonchev–Trinajstić information content (AvgIpc) is 3.18. The molecule has 2 aliphatic heterocycles. The molecule has 0 bridgehead atoms. The Kier molecular flexibility index (Phi) is 5.74. The molecule has 5 nitrogen and oxygen atoms in total. The number of rotatable bonds is 4. The molecule has 3 atom stereocenters. The van der Waals surface area contributed by atoms with Crippen LogP contribution in [0, 0.1) is 13.8 Å². The first-order valence-corrected chi connectivity index (χ1v) is 10.4. The summed E-state index contributed by atoms with van der Waals surface area (Å²) < 4.78 is 0. The minimum atomic E-state index is 0.221. The number of aryl methyl sites for hydroxylation is 2. The van der Waals surface area contributed by atoms with Crippen molar-refractivity contribution >= 4 is 5.91 Å². The number of piperidine rings is 1. The van der Waals surface area contributed by atoms with Gasteiger partial charge in [-0.05, 0) is 55.9 Å². The van der Waals surface area contributed by atoms with E-state index in [4.69, 9.17) is 0 Å². The van der Waals surface area contributed by atoms with Crippen LogP contribution in [0.1, 0.15) is 47.4 Å². The van der Waals surface area contributed by atoms with Crippen molar-refractivity contribution in [1.29, 1.82) is 0 Å². The standard InChI is InChI=1S/C23H30N4O/c1-16-6-5-7-18(12-16)13-22(28)27-11-4-3-8-21(27)23-20(15-25-26-23)19-9-10-24-14-17(19)2/h5-7,9-10,12,14,20-21,23,25-26H,3-4,8,11,13,15H2,1-2H3. The molecular weight excluding hydrogens is 348 g/mol. The van der Waals surface area contributed by atoms with E-state index in [1.807, 2.05) is 18.5 Å². The number of pyridine rings is 1. The van der Waals surface area contributed by atoms with Gasteiger partial charge >= 0.3 is 0 Å². The zero-order chi connectivity index (χ0) is 19.5. The highest BCUT2D eigenvalue weighted by molar-refractivity contribution is 5.79. The summed E-state index contributed by atoms with van der Waals surface area (Å²) in [7, 11) is 0. The van der Waals surface area contributed by atoms with Crippen LogP contribution in [0.25, 0.3) is 0 Å². The van der Waals surface area contributed by atoms with E-state index in [1.54, 1.807) is 0 Å². The number of benzene rings is 1. The average molecular weight is 379 g/mol. The molecule has 2 fully saturated rings. The fraction of sp³-hybridized carbons (Fsp3) is 0.478. The summed E-state index contributed by atoms with van der Waals surface area (Å²) in [6.45, 7) is 5.94. The summed E-state index contributed by atoms with van der Waals surface area (Å²) >= 11 is 0. The number of nitrogens with zero attached hydrogens (tertiary/aromatic N) is 2. The largest absolute Gasteiger partial charge is 0.338 e. The van der Waals surface area contributed by atoms with Crippen LogP contribution in [0.5, 0.6) is 0 Å². The number of likely N-dealkylation sites (tertiary alicyclic amines) is 1. The second kappa shape index (κ2) is 8.41. The molecule has 4 rings (SSSR count). The third-order valence-corrected chi connectivity index (χ3v) is 6.21. The van der Waals surface area contributed by atoms with Gasteiger partial charge in [0.1, 0.15) is 0 Å². The minimum absolute atomic E-state index is 0.221. The smallest absolute Gasteiger partial charge is 0.227 e. The Labute approximate surface area is 167 Å². The number of carbonyl (C=O) groups is 1. The zero-order valence-corrected chi connectivity index (χ0v) is 16.8. The number of hydrogen-bond acceptors (Lipinski definition) is 4. The number of aromatic nitrogens is 1. The summed E-state index contributed by atoms with van der Waals surface area (Å²) in [5.41, 5.74) is 11.7. The van der Waals surface area contributed by atoms with E-state index >= 15 is 0 Å². The fourth-order valence-corrected chi connectivity index (χ4v) is 4.82. The van der Waals surface area contributed by atoms with E-state index in [9.17, 15) is 4.79 Å². The molecule has 148 valence electrons. The molecule has 5 heteroatoms. The molecule has 2 saturated heterocycles. The van der Waals surface area contributed by atoms with Gasteiger partial charge in [-0.2, -0.15) is 0 Å². The Balaban J connectivity index is 1.54. The molecule has 0 saturated carbocycles. The van der Waals surface area contributed by atoms with Gasteiger partial charge in [-0.15, -0.1) is 0 Å². The predicted molar refractivity (Wildman–Crippen MR) is 111 cm³/mol. The van der Waals surface area contributed by atoms with Gasteiger partial charge in [0.25, 0.3) is 0 Å². The van der Waals surface area contributed by atoms with Crippen LogP contribution in [0.3, 0.4) is 0 Å². The van der Waals surface area contributed by atoms with E-state index in [0.717, 1.165) is 31.5 Å². The predicted octanol–water partition coefficient (Wildman–Crippen LogP) is 2.88. The summed E-state index contributed by atoms with van der Waals surface area (Å²) in [6.07, 6.45) is 7.62. The topological polar surface area (TPSA) is 57.3 Å². The second-order valence-electron chi connectivity index (χ2n) is 8.21. The van der Waals surface area contributed by atoms with Gasteiger partial charge in [-0.3, -0.25) is 20.6 Å². The number of amides is 1. The Morgan fingerprint density at radius 1 is 1.25 bits per heavy atom. The van der Waals surface area contributed by atoms with Crippen molar-refractivity contribution in [2.45, 2.75) is 57.5 Å². The number of hydrazine groups is 1. The van der Waals surface area contributed by atoms with Gasteiger partial charge in [0, 0.05) is 43.5 Å². The van der Waals surface area contributed by atoms with Gasteiger partial charge in [0.15, 0.2) is 0 Å². The van der Waals surface area contributed by atoms with Crippen LogP contribution in [0.4, 0.5) is 0 Å². The van der Waals surface area contributed by atoms with Crippen LogP contribution < -0.4 is 10.9 Å². The molecule has 28 heavy (non-hydrogen) atoms. The van der Waals surface area contributed by atoms with E-state index in [1.165, 1.54) is 23.1 Å². The van der Waals surface area contributed by atoms with Gasteiger partial charge in [-0.1, -0.05) is 29.8 Å². The van der Waals surface area contributed by atoms with Crippen molar-refractivity contribution < 1.29 is 4.79 Å². The molecule has 3 heterocycles. The molecule has 1 aromatic heterocycles. The first-order chi connectivity index (χ1) is 13.6. The molecule has 1 amide bonds. The monoisotopic (exact) mass is 378 g/mol. The summed E-state index contributed by atoms with van der Waals surface area (Å²) in [6, 6.07) is 10.9. The molecule has 3 unspecified atom stereocenters. The maximum absolute atomic E-state index is 13.2. The lowest BCUT2D eigenvalue weighted by Gasteiger charge is -2.41. The number of hydrogen-bond donors (Lipinski definition) is 2. The zero-order valence-electron chi connectivity index (χ0n) is 16.8. The van der Waals surface area contributed by atoms with Crippen molar-refractivity contribution in [2.75, 3.05) is 13.1 Å². The Morgan fingerprint density at radius 2 is 2.14 bits per heavy atom. The first kappa shape index (κ1) is 19.1. The van der Waals surface area contributed by atoms with Gasteiger partial charge < -0.3 is 4.90 Å². The third-order valence-electron chi connectivity index (χ3n) is 6.21. The van der Waals surface area contributed by atoms with Crippen molar-refractivity contribution in [3.05, 3.63) is 65.0 Å². The van der Waals surface area contributed by atoms with E-state index in [2.05, 4.69) is 58.8 Å². The third kappa shape index (κ3) is 3.96. The number of nitrogens with one attached hydrogen (secondary N) is 2. The van der Waals surface area contributed by atoms with Gasteiger partial charge in [-0.25, -0.2) is 0 Å². The molecule has 0 aliphatic carbocycles. The maximum atomic E-state index is 13.2. The molecule has 2 N–H and O–H groups in total. The normalized spacial score (nSPS) is 25.1. The van der Waals surface area contributed by atoms with E-state index < -0.39 is 0 Å². The fourth-order valence-electron chi connectivity index (χ4n) is 4.82. The van der Waals surface area contributed by atoms with Crippen LogP contribution >= 0.6 is 0 Å². The van der Waals surface area contributed by atoms with Crippen LogP contribution in [-0.4, -0.2) is 41.0 Å². The Morgan fingerprint density at radius 3 is 2.96 bits per heavy atom. The minimum Gasteiger partial charge on any atom is -0.338 e. The number of carbonyl (C=O) groups excluding carboxylic acids is 1. The lowest BCUT2D eigenvalue weighted by Crippen LogP contribution is -2.55. The Bertz CT molecular complexity index is 837. The highest BCUT2D eigenvalue weighted by Gasteiger charge is 2.40. The van der Waals surface area contributed by atoms with Crippen LogP contribution in [-0.2, 0) is 11.2 Å². The first-order valence-electron chi connectivity index (χ1n) is 10.4. The van der Waals surface area contributed by atoms with Crippen molar-refractivity contribution in [2.24, 2.45) is 0 Å². The van der Waals surface area contributed by atoms with Gasteiger partial charge in [0.05, 0.1) is 6.42 Å². The lowest BCUT2D eigenvalue weighted by molar-refractivity contribution is -0.134. The molecule has 1 aromatic carbocycles. The van der Waals surface area contributed by atoms with Crippen LogP contribution in [0.15, 0.2) is 42.7 Å². The molecule has 0 spiro atoms. The molecule has 2 aromatic rings. The van der Waals surface area contributed by atoms with Crippen molar-refractivity contribution in [3.63, 3.8) is 0 Å². The second-order valence-corrected chi connectivity index (χ2v) is 8.21. The summed E-state index contributed by atoms with van der Waals surface area (Å²) in [5.74, 6) is 0.592. The van der Waals surface area contributed by atoms with E-state index in [-0.39, 0.29) is 18.0 Å². The van der Waals surface area contributed by atoms with Crippen LogP contribution in [0.2, 0.25) is 0 Å². The summed E-state index contributed by atoms with van der Waals surface area (Å²) in [4.78, 5) is 19.6. The highest BCUT2D eigenvalue weighted by Crippen LogP contribution is 2.32. The van der Waals surface area contributed by atoms with Crippen molar-refractivity contribution in [1.82, 2.24) is 20.7 Å². The lowest BCUT2D eigenvalue weighted by atomic mass is 9.83. The quantitative estimate of drug-likeness (QED) is 0.859. The molecule has 0 radical (unpaired) electrons. The van der Waals surface area contributed by atoms with Crippen molar-refractivity contribution in [3.8, 4) is 0 Å². The van der Waals surface area contributed by atoms with E-state index in [0.29, 0.717) is 12.3 Å². The molecular formula is C23H30N4O.